The van der Waals surface area contributed by atoms with E-state index in [1.807, 2.05) is 0 Å². The first kappa shape index (κ1) is 19.4. The van der Waals surface area contributed by atoms with Crippen LogP contribution in [0.5, 0.6) is 0 Å². The summed E-state index contributed by atoms with van der Waals surface area (Å²) in [6.45, 7) is 2.16. The van der Waals surface area contributed by atoms with Gasteiger partial charge in [0.05, 0.1) is 12.2 Å². The van der Waals surface area contributed by atoms with Gasteiger partial charge in [0.2, 0.25) is 10.0 Å². The molecule has 0 radical (unpaired) electrons. The maximum absolute atomic E-state index is 14.8. The van der Waals surface area contributed by atoms with Gasteiger partial charge in [-0.25, -0.2) is 21.9 Å². The van der Waals surface area contributed by atoms with Gasteiger partial charge >= 0.3 is 0 Å². The predicted molar refractivity (Wildman–Crippen MR) is 95.0 cm³/mol. The second kappa shape index (κ2) is 7.71. The van der Waals surface area contributed by atoms with Crippen molar-refractivity contribution in [2.45, 2.75) is 24.3 Å². The molecule has 6 nitrogen and oxygen atoms in total. The molecule has 1 aliphatic rings. The average molecular weight is 396 g/mol. The third-order valence-corrected chi connectivity index (χ3v) is 5.70. The molecule has 144 valence electrons. The molecule has 0 unspecified atom stereocenters. The Hall–Kier alpha value is -2.36. The largest absolute Gasteiger partial charge is 0.380 e. The summed E-state index contributed by atoms with van der Waals surface area (Å²) in [5.41, 5.74) is 0.155. The average Bonchev–Trinajstić information content (AvgIpc) is 3.10. The number of halogens is 2. The van der Waals surface area contributed by atoms with E-state index in [-0.39, 0.29) is 12.3 Å². The molecule has 0 spiro atoms. The third-order valence-electron chi connectivity index (χ3n) is 4.16. The Morgan fingerprint density at radius 3 is 2.67 bits per heavy atom. The van der Waals surface area contributed by atoms with Crippen LogP contribution < -0.4 is 10.0 Å². The predicted octanol–water partition coefficient (Wildman–Crippen LogP) is 2.59. The second-order valence-electron chi connectivity index (χ2n) is 6.22. The number of aryl methyl sites for hydroxylation is 1. The number of ether oxygens (including phenoxy) is 1. The molecule has 1 atom stereocenters. The van der Waals surface area contributed by atoms with Crippen LogP contribution in [0.3, 0.4) is 0 Å². The van der Waals surface area contributed by atoms with Gasteiger partial charge in [-0.05, 0) is 49.2 Å². The van der Waals surface area contributed by atoms with Gasteiger partial charge in [-0.3, -0.25) is 4.79 Å². The van der Waals surface area contributed by atoms with Crippen LogP contribution in [0.2, 0.25) is 0 Å². The van der Waals surface area contributed by atoms with E-state index in [0.29, 0.717) is 18.6 Å². The molecule has 0 aromatic heterocycles. The Kier molecular flexibility index (Phi) is 5.54. The topological polar surface area (TPSA) is 84.5 Å². The summed E-state index contributed by atoms with van der Waals surface area (Å²) in [6.07, 6.45) is 0.491. The van der Waals surface area contributed by atoms with Crippen molar-refractivity contribution < 1.29 is 26.7 Å². The number of sulfonamides is 1. The van der Waals surface area contributed by atoms with Crippen LogP contribution in [-0.4, -0.2) is 33.6 Å². The SMILES string of the molecule is Cc1cc(NC(=O)c2cccc(S(=O)(=O)N[C@H]3CCOC3)c2F)ccc1F. The second-order valence-corrected chi connectivity index (χ2v) is 7.90. The lowest BCUT2D eigenvalue weighted by Crippen LogP contribution is -2.35. The molecule has 2 aromatic rings. The van der Waals surface area contributed by atoms with E-state index in [4.69, 9.17) is 4.74 Å². The summed E-state index contributed by atoms with van der Waals surface area (Å²) in [4.78, 5) is 11.8. The number of nitrogens with one attached hydrogen (secondary N) is 2. The molecule has 0 saturated carbocycles. The Bertz CT molecular complexity index is 973. The van der Waals surface area contributed by atoms with E-state index in [0.717, 1.165) is 6.07 Å². The van der Waals surface area contributed by atoms with E-state index in [1.54, 1.807) is 0 Å². The molecule has 1 heterocycles. The van der Waals surface area contributed by atoms with Crippen molar-refractivity contribution in [2.24, 2.45) is 0 Å². The number of amides is 1. The van der Waals surface area contributed by atoms with Gasteiger partial charge in [0.15, 0.2) is 5.82 Å². The third kappa shape index (κ3) is 4.32. The molecule has 27 heavy (non-hydrogen) atoms. The lowest BCUT2D eigenvalue weighted by atomic mass is 10.1. The Morgan fingerprint density at radius 2 is 2.00 bits per heavy atom. The Balaban J connectivity index is 1.85. The van der Waals surface area contributed by atoms with Gasteiger partial charge in [-0.1, -0.05) is 6.07 Å². The Morgan fingerprint density at radius 1 is 1.22 bits per heavy atom. The molecule has 1 amide bonds. The fourth-order valence-electron chi connectivity index (χ4n) is 2.72. The summed E-state index contributed by atoms with van der Waals surface area (Å²) in [7, 11) is -4.15. The van der Waals surface area contributed by atoms with Crippen molar-refractivity contribution in [3.8, 4) is 0 Å². The summed E-state index contributed by atoms with van der Waals surface area (Å²) in [6, 6.07) is 7.02. The van der Waals surface area contributed by atoms with E-state index in [1.165, 1.54) is 37.3 Å². The number of benzene rings is 2. The molecule has 1 aliphatic heterocycles. The molecule has 2 aromatic carbocycles. The highest BCUT2D eigenvalue weighted by atomic mass is 32.2. The highest BCUT2D eigenvalue weighted by Crippen LogP contribution is 2.21. The number of carbonyl (C=O) groups excluding carboxylic acids is 1. The zero-order valence-corrected chi connectivity index (χ0v) is 15.3. The maximum Gasteiger partial charge on any atom is 0.258 e. The zero-order valence-electron chi connectivity index (χ0n) is 14.5. The molecular formula is C18H18F2N2O4S. The molecule has 3 rings (SSSR count). The van der Waals surface area contributed by atoms with E-state index in [2.05, 4.69) is 10.0 Å². The highest BCUT2D eigenvalue weighted by molar-refractivity contribution is 7.89. The van der Waals surface area contributed by atoms with Gasteiger partial charge in [-0.2, -0.15) is 0 Å². The van der Waals surface area contributed by atoms with Gasteiger partial charge in [-0.15, -0.1) is 0 Å². The zero-order chi connectivity index (χ0) is 19.6. The van der Waals surface area contributed by atoms with Crippen molar-refractivity contribution in [1.29, 1.82) is 0 Å². The van der Waals surface area contributed by atoms with Crippen molar-refractivity contribution in [2.75, 3.05) is 18.5 Å². The molecule has 2 N–H and O–H groups in total. The minimum Gasteiger partial charge on any atom is -0.380 e. The summed E-state index contributed by atoms with van der Waals surface area (Å²) < 4.78 is 60.5. The van der Waals surface area contributed by atoms with Crippen LogP contribution in [0.1, 0.15) is 22.3 Å². The van der Waals surface area contributed by atoms with Crippen LogP contribution in [0.15, 0.2) is 41.3 Å². The van der Waals surface area contributed by atoms with Crippen molar-refractivity contribution in [1.82, 2.24) is 4.72 Å². The van der Waals surface area contributed by atoms with E-state index in [9.17, 15) is 22.0 Å². The minimum atomic E-state index is -4.15. The normalized spacial score (nSPS) is 17.1. The van der Waals surface area contributed by atoms with Crippen molar-refractivity contribution >= 4 is 21.6 Å². The van der Waals surface area contributed by atoms with Crippen LogP contribution in [0.4, 0.5) is 14.5 Å². The highest BCUT2D eigenvalue weighted by Gasteiger charge is 2.28. The van der Waals surface area contributed by atoms with E-state index < -0.39 is 44.1 Å². The van der Waals surface area contributed by atoms with Crippen molar-refractivity contribution in [3.05, 3.63) is 59.2 Å². The number of hydrogen-bond acceptors (Lipinski definition) is 4. The van der Waals surface area contributed by atoms with Crippen LogP contribution >= 0.6 is 0 Å². The molecule has 9 heteroatoms. The quantitative estimate of drug-likeness (QED) is 0.814. The summed E-state index contributed by atoms with van der Waals surface area (Å²) in [5, 5.41) is 2.44. The smallest absolute Gasteiger partial charge is 0.258 e. The summed E-state index contributed by atoms with van der Waals surface area (Å²) in [5.74, 6) is -2.42. The molecule has 0 aliphatic carbocycles. The fraction of sp³-hybridized carbons (Fsp3) is 0.278. The lowest BCUT2D eigenvalue weighted by molar-refractivity contribution is 0.102. The van der Waals surface area contributed by atoms with Crippen LogP contribution in [0.25, 0.3) is 0 Å². The number of carbonyl (C=O) groups is 1. The van der Waals surface area contributed by atoms with Gasteiger partial charge in [0, 0.05) is 18.3 Å². The lowest BCUT2D eigenvalue weighted by Gasteiger charge is -2.13. The van der Waals surface area contributed by atoms with Crippen LogP contribution in [-0.2, 0) is 14.8 Å². The Labute approximate surface area is 155 Å². The van der Waals surface area contributed by atoms with Gasteiger partial charge in [0.25, 0.3) is 5.91 Å². The maximum atomic E-state index is 14.8. The summed E-state index contributed by atoms with van der Waals surface area (Å²) >= 11 is 0. The van der Waals surface area contributed by atoms with Crippen molar-refractivity contribution in [3.63, 3.8) is 0 Å². The first-order valence-electron chi connectivity index (χ1n) is 8.24. The monoisotopic (exact) mass is 396 g/mol. The first-order chi connectivity index (χ1) is 12.8. The standard InChI is InChI=1S/C18H18F2N2O4S/c1-11-9-12(5-6-15(11)19)21-18(23)14-3-2-4-16(17(14)20)27(24,25)22-13-7-8-26-10-13/h2-6,9,13,22H,7-8,10H2,1H3,(H,21,23)/t13-/m0/s1. The number of rotatable bonds is 5. The molecule has 1 fully saturated rings. The van der Waals surface area contributed by atoms with E-state index >= 15 is 0 Å². The van der Waals surface area contributed by atoms with Gasteiger partial charge < -0.3 is 10.1 Å². The van der Waals surface area contributed by atoms with Gasteiger partial charge in [0.1, 0.15) is 10.7 Å². The van der Waals surface area contributed by atoms with Crippen LogP contribution in [0, 0.1) is 18.6 Å². The fourth-order valence-corrected chi connectivity index (χ4v) is 4.08. The minimum absolute atomic E-state index is 0.213. The molecular weight excluding hydrogens is 378 g/mol. The number of anilines is 1. The molecule has 1 saturated heterocycles. The number of hydrogen-bond donors (Lipinski definition) is 2. The molecule has 0 bridgehead atoms. The first-order valence-corrected chi connectivity index (χ1v) is 9.72.